The highest BCUT2D eigenvalue weighted by molar-refractivity contribution is 7.80. The molecule has 2 rings (SSSR count). The molecule has 25 heavy (non-hydrogen) atoms. The molecular formula is C18H20N4O2S. The van der Waals surface area contributed by atoms with E-state index in [0.717, 1.165) is 11.3 Å². The van der Waals surface area contributed by atoms with E-state index in [1.54, 1.807) is 19.1 Å². The second kappa shape index (κ2) is 8.34. The molecule has 0 unspecified atom stereocenters. The first-order valence-corrected chi connectivity index (χ1v) is 8.23. The molecule has 0 amide bonds. The first-order chi connectivity index (χ1) is 11.9. The van der Waals surface area contributed by atoms with Crippen molar-refractivity contribution in [2.75, 3.05) is 5.32 Å². The van der Waals surface area contributed by atoms with Crippen molar-refractivity contribution in [2.45, 2.75) is 26.7 Å². The zero-order valence-electron chi connectivity index (χ0n) is 14.3. The molecule has 2 aromatic rings. The summed E-state index contributed by atoms with van der Waals surface area (Å²) in [7, 11) is 0. The average molecular weight is 356 g/mol. The van der Waals surface area contributed by atoms with Crippen LogP contribution in [0.1, 0.15) is 37.8 Å². The quantitative estimate of drug-likeness (QED) is 0.359. The molecule has 0 aliphatic rings. The number of hydrogen-bond donors (Lipinski definition) is 2. The zero-order valence-corrected chi connectivity index (χ0v) is 15.1. The maximum atomic E-state index is 10.7. The van der Waals surface area contributed by atoms with E-state index >= 15 is 0 Å². The summed E-state index contributed by atoms with van der Waals surface area (Å²) >= 11 is 5.23. The number of nitro groups is 1. The molecule has 2 aromatic carbocycles. The van der Waals surface area contributed by atoms with Crippen LogP contribution >= 0.6 is 12.2 Å². The number of thiocarbonyl (C=S) groups is 1. The van der Waals surface area contributed by atoms with Gasteiger partial charge in [0.25, 0.3) is 5.69 Å². The lowest BCUT2D eigenvalue weighted by Crippen LogP contribution is -2.24. The van der Waals surface area contributed by atoms with Crippen LogP contribution in [-0.2, 0) is 0 Å². The summed E-state index contributed by atoms with van der Waals surface area (Å²) in [6, 6.07) is 14.2. The van der Waals surface area contributed by atoms with Crippen LogP contribution in [0.4, 0.5) is 11.4 Å². The van der Waals surface area contributed by atoms with Gasteiger partial charge in [-0.3, -0.25) is 15.5 Å². The Balaban J connectivity index is 1.95. The van der Waals surface area contributed by atoms with Gasteiger partial charge in [0.2, 0.25) is 0 Å². The van der Waals surface area contributed by atoms with Crippen LogP contribution in [0.2, 0.25) is 0 Å². The van der Waals surface area contributed by atoms with Gasteiger partial charge in [0, 0.05) is 17.8 Å². The summed E-state index contributed by atoms with van der Waals surface area (Å²) in [6.45, 7) is 6.09. The van der Waals surface area contributed by atoms with Gasteiger partial charge in [-0.25, -0.2) is 0 Å². The number of anilines is 1. The van der Waals surface area contributed by atoms with Crippen molar-refractivity contribution < 1.29 is 4.92 Å². The van der Waals surface area contributed by atoms with Crippen LogP contribution in [0.5, 0.6) is 0 Å². The molecule has 2 N–H and O–H groups in total. The molecule has 0 aliphatic heterocycles. The van der Waals surface area contributed by atoms with Gasteiger partial charge >= 0.3 is 0 Å². The van der Waals surface area contributed by atoms with Crippen molar-refractivity contribution in [1.82, 2.24) is 5.43 Å². The first-order valence-electron chi connectivity index (χ1n) is 7.83. The molecule has 6 nitrogen and oxygen atoms in total. The summed E-state index contributed by atoms with van der Waals surface area (Å²) in [5, 5.41) is 18.3. The van der Waals surface area contributed by atoms with Gasteiger partial charge in [0.1, 0.15) is 0 Å². The van der Waals surface area contributed by atoms with E-state index in [4.69, 9.17) is 12.2 Å². The maximum absolute atomic E-state index is 10.7. The third kappa shape index (κ3) is 5.36. The van der Waals surface area contributed by atoms with E-state index in [1.165, 1.54) is 17.7 Å². The lowest BCUT2D eigenvalue weighted by Gasteiger charge is -2.10. The Morgan fingerprint density at radius 3 is 2.24 bits per heavy atom. The molecule has 0 aliphatic carbocycles. The minimum absolute atomic E-state index is 0.0477. The Kier molecular flexibility index (Phi) is 6.19. The van der Waals surface area contributed by atoms with Crippen molar-refractivity contribution in [3.8, 4) is 0 Å². The van der Waals surface area contributed by atoms with E-state index in [0.29, 0.717) is 16.7 Å². The SMILES string of the molecule is C/C(=N\NC(=S)Nc1ccc(C(C)C)cc1)c1ccc([N+](=O)[O-])cc1. The fourth-order valence-corrected chi connectivity index (χ4v) is 2.30. The monoisotopic (exact) mass is 356 g/mol. The van der Waals surface area contributed by atoms with Gasteiger partial charge in [-0.2, -0.15) is 5.10 Å². The summed E-state index contributed by atoms with van der Waals surface area (Å²) in [5.41, 5.74) is 6.42. The molecule has 0 radical (unpaired) electrons. The third-order valence-electron chi connectivity index (χ3n) is 3.66. The number of rotatable bonds is 5. The van der Waals surface area contributed by atoms with Gasteiger partial charge in [-0.1, -0.05) is 26.0 Å². The van der Waals surface area contributed by atoms with E-state index in [1.807, 2.05) is 12.1 Å². The van der Waals surface area contributed by atoms with E-state index in [-0.39, 0.29) is 5.69 Å². The smallest absolute Gasteiger partial charge is 0.269 e. The number of nitro benzene ring substituents is 1. The van der Waals surface area contributed by atoms with Gasteiger partial charge in [-0.15, -0.1) is 0 Å². The molecule has 0 atom stereocenters. The fourth-order valence-electron chi connectivity index (χ4n) is 2.13. The van der Waals surface area contributed by atoms with Crippen LogP contribution in [0.15, 0.2) is 53.6 Å². The third-order valence-corrected chi connectivity index (χ3v) is 3.85. The molecule has 0 saturated heterocycles. The summed E-state index contributed by atoms with van der Waals surface area (Å²) in [5.74, 6) is 0.480. The van der Waals surface area contributed by atoms with Gasteiger partial charge < -0.3 is 5.32 Å². The minimum Gasteiger partial charge on any atom is -0.331 e. The number of non-ortho nitro benzene ring substituents is 1. The first kappa shape index (κ1) is 18.5. The zero-order chi connectivity index (χ0) is 18.4. The number of hydrazone groups is 1. The van der Waals surface area contributed by atoms with E-state index in [2.05, 4.69) is 41.8 Å². The van der Waals surface area contributed by atoms with Crippen molar-refractivity contribution in [3.63, 3.8) is 0 Å². The Morgan fingerprint density at radius 1 is 1.12 bits per heavy atom. The highest BCUT2D eigenvalue weighted by Crippen LogP contribution is 2.17. The van der Waals surface area contributed by atoms with Crippen molar-refractivity contribution in [1.29, 1.82) is 0 Å². The Morgan fingerprint density at radius 2 is 1.72 bits per heavy atom. The highest BCUT2D eigenvalue weighted by Gasteiger charge is 2.06. The highest BCUT2D eigenvalue weighted by atomic mass is 32.1. The fraction of sp³-hybridized carbons (Fsp3) is 0.222. The molecule has 0 heterocycles. The number of nitrogens with one attached hydrogen (secondary N) is 2. The van der Waals surface area contributed by atoms with Crippen molar-refractivity contribution in [3.05, 3.63) is 69.8 Å². The van der Waals surface area contributed by atoms with Crippen LogP contribution in [-0.4, -0.2) is 15.7 Å². The summed E-state index contributed by atoms with van der Waals surface area (Å²) in [6.07, 6.45) is 0. The van der Waals surface area contributed by atoms with Crippen LogP contribution in [0.3, 0.4) is 0 Å². The molecule has 130 valence electrons. The number of benzene rings is 2. The standard InChI is InChI=1S/C18H20N4O2S/c1-12(2)14-4-8-16(9-5-14)19-18(25)21-20-13(3)15-6-10-17(11-7-15)22(23)24/h4-12H,1-3H3,(H2,19,21,25)/b20-13+. The lowest BCUT2D eigenvalue weighted by molar-refractivity contribution is -0.384. The topological polar surface area (TPSA) is 79.6 Å². The summed E-state index contributed by atoms with van der Waals surface area (Å²) < 4.78 is 0. The molecule has 7 heteroatoms. The van der Waals surface area contributed by atoms with Gasteiger partial charge in [0.05, 0.1) is 10.6 Å². The second-order valence-electron chi connectivity index (χ2n) is 5.84. The Bertz CT molecular complexity index is 784. The van der Waals surface area contributed by atoms with Gasteiger partial charge in [-0.05, 0) is 60.5 Å². The molecule has 0 bridgehead atoms. The molecular weight excluding hydrogens is 336 g/mol. The van der Waals surface area contributed by atoms with Crippen LogP contribution in [0.25, 0.3) is 0 Å². The van der Waals surface area contributed by atoms with Crippen LogP contribution < -0.4 is 10.7 Å². The predicted octanol–water partition coefficient (Wildman–Crippen LogP) is 4.43. The van der Waals surface area contributed by atoms with Crippen molar-refractivity contribution in [2.24, 2.45) is 5.10 Å². The van der Waals surface area contributed by atoms with Crippen molar-refractivity contribution >= 4 is 34.4 Å². The number of nitrogens with zero attached hydrogens (tertiary/aromatic N) is 2. The second-order valence-corrected chi connectivity index (χ2v) is 6.25. The Labute approximate surface area is 152 Å². The lowest BCUT2D eigenvalue weighted by atomic mass is 10.0. The minimum atomic E-state index is -0.432. The Hall–Kier alpha value is -2.80. The largest absolute Gasteiger partial charge is 0.331 e. The van der Waals surface area contributed by atoms with E-state index in [9.17, 15) is 10.1 Å². The maximum Gasteiger partial charge on any atom is 0.269 e. The van der Waals surface area contributed by atoms with E-state index < -0.39 is 4.92 Å². The molecule has 0 aromatic heterocycles. The number of hydrogen-bond acceptors (Lipinski definition) is 4. The molecule has 0 fully saturated rings. The molecule has 0 saturated carbocycles. The summed E-state index contributed by atoms with van der Waals surface area (Å²) in [4.78, 5) is 10.2. The normalized spacial score (nSPS) is 11.3. The molecule has 0 spiro atoms. The predicted molar refractivity (Wildman–Crippen MR) is 105 cm³/mol. The average Bonchev–Trinajstić information content (AvgIpc) is 2.60. The van der Waals surface area contributed by atoms with Crippen LogP contribution in [0, 0.1) is 10.1 Å². The van der Waals surface area contributed by atoms with Gasteiger partial charge in [0.15, 0.2) is 5.11 Å².